The predicted molar refractivity (Wildman–Crippen MR) is 137 cm³/mol. The molecule has 0 bridgehead atoms. The molecule has 1 unspecified atom stereocenters. The fourth-order valence-electron chi connectivity index (χ4n) is 5.21. The van der Waals surface area contributed by atoms with Crippen molar-refractivity contribution in [3.05, 3.63) is 94.3 Å². The smallest absolute Gasteiger partial charge is 0.258 e. The number of carbonyl (C=O) groups is 2. The molecule has 180 valence electrons. The lowest BCUT2D eigenvalue weighted by Crippen LogP contribution is -2.42. The lowest BCUT2D eigenvalue weighted by molar-refractivity contribution is 0.0981. The summed E-state index contributed by atoms with van der Waals surface area (Å²) in [6.45, 7) is 2.70. The molecule has 1 atom stereocenters. The van der Waals surface area contributed by atoms with E-state index in [0.29, 0.717) is 17.8 Å². The van der Waals surface area contributed by atoms with E-state index in [1.54, 1.807) is 24.3 Å². The number of hydrogen-bond acceptors (Lipinski definition) is 3. The second-order valence-corrected chi connectivity index (χ2v) is 9.86. The van der Waals surface area contributed by atoms with E-state index < -0.39 is 11.7 Å². The summed E-state index contributed by atoms with van der Waals surface area (Å²) in [4.78, 5) is 28.0. The van der Waals surface area contributed by atoms with Crippen LogP contribution in [0.1, 0.15) is 45.5 Å². The Labute approximate surface area is 209 Å². The van der Waals surface area contributed by atoms with Gasteiger partial charge in [0.25, 0.3) is 11.8 Å². The quantitative estimate of drug-likeness (QED) is 0.494. The van der Waals surface area contributed by atoms with Gasteiger partial charge in [0.2, 0.25) is 0 Å². The predicted octanol–water partition coefficient (Wildman–Crippen LogP) is 5.69. The monoisotopic (exact) mass is 491 g/mol. The lowest BCUT2D eigenvalue weighted by Gasteiger charge is -2.37. The molecule has 2 N–H and O–H groups in total. The van der Waals surface area contributed by atoms with E-state index in [2.05, 4.69) is 16.7 Å². The highest BCUT2D eigenvalue weighted by molar-refractivity contribution is 6.34. The van der Waals surface area contributed by atoms with E-state index in [-0.39, 0.29) is 21.9 Å². The first-order valence-corrected chi connectivity index (χ1v) is 12.3. The molecule has 7 heteroatoms. The summed E-state index contributed by atoms with van der Waals surface area (Å²) >= 11 is 6.04. The minimum absolute atomic E-state index is 0.0547. The minimum atomic E-state index is -0.538. The Morgan fingerprint density at radius 3 is 2.60 bits per heavy atom. The van der Waals surface area contributed by atoms with Gasteiger partial charge in [-0.2, -0.15) is 0 Å². The summed E-state index contributed by atoms with van der Waals surface area (Å²) in [5.74, 6) is -1.12. The topological polar surface area (TPSA) is 61.4 Å². The van der Waals surface area contributed by atoms with Crippen molar-refractivity contribution >= 4 is 34.8 Å². The van der Waals surface area contributed by atoms with E-state index in [0.717, 1.165) is 44.1 Å². The third-order valence-electron chi connectivity index (χ3n) is 7.08. The SMILES string of the molecule is O=C(Nc1ccc(C(=O)N2CCC3(CCCNC3)Cc3ccccc32)cc1)c1cc(F)ccc1Cl. The highest BCUT2D eigenvalue weighted by Crippen LogP contribution is 2.40. The number of anilines is 2. The van der Waals surface area contributed by atoms with Gasteiger partial charge in [-0.1, -0.05) is 29.8 Å². The Balaban J connectivity index is 1.35. The van der Waals surface area contributed by atoms with Crippen LogP contribution in [0.2, 0.25) is 5.02 Å². The van der Waals surface area contributed by atoms with Crippen molar-refractivity contribution < 1.29 is 14.0 Å². The molecule has 0 saturated carbocycles. The Hall–Kier alpha value is -3.22. The fraction of sp³-hybridized carbons (Fsp3) is 0.286. The number of benzene rings is 3. The molecule has 5 rings (SSSR count). The number of hydrogen-bond donors (Lipinski definition) is 2. The van der Waals surface area contributed by atoms with Crippen LogP contribution in [0.15, 0.2) is 66.7 Å². The van der Waals surface area contributed by atoms with E-state index >= 15 is 0 Å². The fourth-order valence-corrected chi connectivity index (χ4v) is 5.42. The van der Waals surface area contributed by atoms with Gasteiger partial charge in [-0.05, 0) is 91.7 Å². The molecule has 1 fully saturated rings. The maximum Gasteiger partial charge on any atom is 0.258 e. The molecule has 0 aliphatic carbocycles. The maximum atomic E-state index is 13.6. The molecule has 0 aromatic heterocycles. The van der Waals surface area contributed by atoms with Crippen LogP contribution < -0.4 is 15.5 Å². The number of rotatable bonds is 3. The van der Waals surface area contributed by atoms with Crippen molar-refractivity contribution in [2.75, 3.05) is 29.9 Å². The second kappa shape index (κ2) is 9.80. The van der Waals surface area contributed by atoms with Gasteiger partial charge in [-0.25, -0.2) is 4.39 Å². The van der Waals surface area contributed by atoms with Crippen LogP contribution in [-0.2, 0) is 6.42 Å². The Morgan fingerprint density at radius 2 is 1.83 bits per heavy atom. The Kier molecular flexibility index (Phi) is 6.58. The lowest BCUT2D eigenvalue weighted by atomic mass is 9.74. The van der Waals surface area contributed by atoms with E-state index in [4.69, 9.17) is 11.6 Å². The summed E-state index contributed by atoms with van der Waals surface area (Å²) in [6.07, 6.45) is 4.24. The zero-order valence-electron chi connectivity index (χ0n) is 19.3. The number of fused-ring (bicyclic) bond motifs is 1. The number of halogens is 2. The third-order valence-corrected chi connectivity index (χ3v) is 7.41. The first-order chi connectivity index (χ1) is 16.9. The van der Waals surface area contributed by atoms with Crippen molar-refractivity contribution in [2.24, 2.45) is 5.41 Å². The number of amides is 2. The van der Waals surface area contributed by atoms with Gasteiger partial charge in [0.1, 0.15) is 5.82 Å². The summed E-state index contributed by atoms with van der Waals surface area (Å²) in [5.41, 5.74) is 3.44. The highest BCUT2D eigenvalue weighted by Gasteiger charge is 2.37. The number of para-hydroxylation sites is 1. The van der Waals surface area contributed by atoms with E-state index in [1.165, 1.54) is 24.1 Å². The van der Waals surface area contributed by atoms with Gasteiger partial charge < -0.3 is 15.5 Å². The molecule has 0 radical (unpaired) electrons. The third kappa shape index (κ3) is 4.95. The second-order valence-electron chi connectivity index (χ2n) is 9.45. The molecule has 3 aromatic rings. The highest BCUT2D eigenvalue weighted by atomic mass is 35.5. The molecule has 2 amide bonds. The van der Waals surface area contributed by atoms with Crippen molar-refractivity contribution in [3.63, 3.8) is 0 Å². The molecular formula is C28H27ClFN3O2. The molecule has 2 aliphatic rings. The van der Waals surface area contributed by atoms with Crippen LogP contribution in [0, 0.1) is 11.2 Å². The van der Waals surface area contributed by atoms with Crippen molar-refractivity contribution in [1.29, 1.82) is 0 Å². The van der Waals surface area contributed by atoms with Gasteiger partial charge in [0.15, 0.2) is 0 Å². The van der Waals surface area contributed by atoms with Gasteiger partial charge in [0.05, 0.1) is 10.6 Å². The average Bonchev–Trinajstić information content (AvgIpc) is 3.02. The Morgan fingerprint density at radius 1 is 1.03 bits per heavy atom. The average molecular weight is 492 g/mol. The zero-order chi connectivity index (χ0) is 24.4. The Bertz CT molecular complexity index is 1260. The van der Waals surface area contributed by atoms with Crippen LogP contribution in [0.25, 0.3) is 0 Å². The number of nitrogens with zero attached hydrogens (tertiary/aromatic N) is 1. The van der Waals surface area contributed by atoms with Crippen LogP contribution in [0.5, 0.6) is 0 Å². The molecule has 5 nitrogen and oxygen atoms in total. The first kappa shape index (κ1) is 23.5. The van der Waals surface area contributed by atoms with E-state index in [9.17, 15) is 14.0 Å². The molecule has 2 aliphatic heterocycles. The normalized spacial score (nSPS) is 19.7. The summed E-state index contributed by atoms with van der Waals surface area (Å²) in [7, 11) is 0. The zero-order valence-corrected chi connectivity index (χ0v) is 20.1. The van der Waals surface area contributed by atoms with Crippen LogP contribution in [0.4, 0.5) is 15.8 Å². The van der Waals surface area contributed by atoms with Gasteiger partial charge in [0, 0.05) is 30.0 Å². The van der Waals surface area contributed by atoms with Crippen LogP contribution in [-0.4, -0.2) is 31.4 Å². The molecule has 35 heavy (non-hydrogen) atoms. The number of piperidine rings is 1. The molecular weight excluding hydrogens is 465 g/mol. The largest absolute Gasteiger partial charge is 0.322 e. The van der Waals surface area contributed by atoms with Crippen LogP contribution in [0.3, 0.4) is 0 Å². The number of nitrogens with one attached hydrogen (secondary N) is 2. The van der Waals surface area contributed by atoms with Crippen molar-refractivity contribution in [2.45, 2.75) is 25.7 Å². The van der Waals surface area contributed by atoms with Gasteiger partial charge >= 0.3 is 0 Å². The van der Waals surface area contributed by atoms with E-state index in [1.807, 2.05) is 23.1 Å². The van der Waals surface area contributed by atoms with Gasteiger partial charge in [-0.3, -0.25) is 9.59 Å². The molecule has 2 heterocycles. The maximum absolute atomic E-state index is 13.6. The molecule has 1 saturated heterocycles. The molecule has 1 spiro atoms. The number of carbonyl (C=O) groups excluding carboxylic acids is 2. The van der Waals surface area contributed by atoms with Crippen molar-refractivity contribution in [3.8, 4) is 0 Å². The van der Waals surface area contributed by atoms with Crippen LogP contribution >= 0.6 is 11.6 Å². The summed E-state index contributed by atoms with van der Waals surface area (Å²) < 4.78 is 13.5. The minimum Gasteiger partial charge on any atom is -0.322 e. The summed E-state index contributed by atoms with van der Waals surface area (Å²) in [5, 5.41) is 6.44. The summed E-state index contributed by atoms with van der Waals surface area (Å²) in [6, 6.07) is 18.6. The first-order valence-electron chi connectivity index (χ1n) is 11.9. The van der Waals surface area contributed by atoms with Gasteiger partial charge in [-0.15, -0.1) is 0 Å². The molecule has 3 aromatic carbocycles. The standard InChI is InChI=1S/C28H27ClFN3O2/c29-24-11-8-21(30)16-23(24)26(34)32-22-9-6-19(7-10-22)27(35)33-15-13-28(12-3-14-31-18-28)17-20-4-1-2-5-25(20)33/h1-2,4-11,16,31H,3,12-15,17-18H2,(H,32,34). The van der Waals surface area contributed by atoms with Crippen molar-refractivity contribution in [1.82, 2.24) is 5.32 Å².